The van der Waals surface area contributed by atoms with Gasteiger partial charge < -0.3 is 5.11 Å². The van der Waals surface area contributed by atoms with E-state index in [2.05, 4.69) is 56.9 Å². The predicted molar refractivity (Wildman–Crippen MR) is 89.6 cm³/mol. The summed E-state index contributed by atoms with van der Waals surface area (Å²) >= 11 is 0. The zero-order valence-corrected chi connectivity index (χ0v) is 14.1. The number of hydrogen-bond acceptors (Lipinski definition) is 2. The van der Waals surface area contributed by atoms with Gasteiger partial charge in [-0.2, -0.15) is 0 Å². The van der Waals surface area contributed by atoms with Gasteiger partial charge in [0.25, 0.3) is 0 Å². The first-order valence-electron chi connectivity index (χ1n) is 8.60. The minimum atomic E-state index is -0.417. The Morgan fingerprint density at radius 2 is 1.81 bits per heavy atom. The molecule has 0 bridgehead atoms. The first-order chi connectivity index (χ1) is 10.1. The van der Waals surface area contributed by atoms with E-state index in [0.29, 0.717) is 5.92 Å². The summed E-state index contributed by atoms with van der Waals surface area (Å²) in [6.45, 7) is 10.7. The molecule has 1 saturated carbocycles. The Bertz CT molecular complexity index is 451. The molecule has 2 nitrogen and oxygen atoms in total. The minimum Gasteiger partial charge on any atom is -0.386 e. The third kappa shape index (κ3) is 3.02. The van der Waals surface area contributed by atoms with E-state index >= 15 is 0 Å². The van der Waals surface area contributed by atoms with E-state index in [1.165, 1.54) is 24.8 Å². The summed E-state index contributed by atoms with van der Waals surface area (Å²) in [5, 5.41) is 11.2. The maximum Gasteiger partial charge on any atom is 0.0973 e. The van der Waals surface area contributed by atoms with Crippen molar-refractivity contribution in [1.82, 2.24) is 4.90 Å². The van der Waals surface area contributed by atoms with Crippen molar-refractivity contribution in [2.75, 3.05) is 13.1 Å². The summed E-state index contributed by atoms with van der Waals surface area (Å²) in [5.74, 6) is 0.661. The number of aliphatic hydroxyl groups excluding tert-OH is 1. The number of likely N-dealkylation sites (N-methyl/N-ethyl adjacent to an activating group) is 1. The molecule has 0 amide bonds. The molecule has 2 unspecified atom stereocenters. The SMILES string of the molecule is CCN(CC)C(C)(CC)C(O)c1ccccc1C1CCC1. The molecule has 0 heterocycles. The van der Waals surface area contributed by atoms with Gasteiger partial charge in [0.15, 0.2) is 0 Å². The maximum atomic E-state index is 11.2. The molecule has 0 saturated heterocycles. The lowest BCUT2D eigenvalue weighted by atomic mass is 9.74. The smallest absolute Gasteiger partial charge is 0.0973 e. The van der Waals surface area contributed by atoms with Crippen LogP contribution in [0.15, 0.2) is 24.3 Å². The van der Waals surface area contributed by atoms with E-state index in [1.807, 2.05) is 0 Å². The van der Waals surface area contributed by atoms with Crippen LogP contribution in [0.2, 0.25) is 0 Å². The van der Waals surface area contributed by atoms with E-state index < -0.39 is 6.10 Å². The van der Waals surface area contributed by atoms with Crippen molar-refractivity contribution >= 4 is 0 Å². The second-order valence-electron chi connectivity index (χ2n) is 6.54. The highest BCUT2D eigenvalue weighted by Crippen LogP contribution is 2.43. The summed E-state index contributed by atoms with van der Waals surface area (Å²) in [5.41, 5.74) is 2.34. The summed E-state index contributed by atoms with van der Waals surface area (Å²) in [4.78, 5) is 2.40. The molecule has 1 aliphatic carbocycles. The molecular formula is C19H31NO. The van der Waals surface area contributed by atoms with E-state index in [9.17, 15) is 5.11 Å². The molecular weight excluding hydrogens is 258 g/mol. The van der Waals surface area contributed by atoms with Crippen molar-refractivity contribution in [2.45, 2.75) is 70.9 Å². The number of hydrogen-bond donors (Lipinski definition) is 1. The van der Waals surface area contributed by atoms with Gasteiger partial charge in [-0.3, -0.25) is 4.90 Å². The van der Waals surface area contributed by atoms with Crippen molar-refractivity contribution in [3.05, 3.63) is 35.4 Å². The van der Waals surface area contributed by atoms with E-state index in [-0.39, 0.29) is 5.54 Å². The van der Waals surface area contributed by atoms with Gasteiger partial charge in [0.2, 0.25) is 0 Å². The van der Waals surface area contributed by atoms with Crippen LogP contribution in [-0.4, -0.2) is 28.6 Å². The van der Waals surface area contributed by atoms with Crippen LogP contribution in [0, 0.1) is 0 Å². The van der Waals surface area contributed by atoms with Crippen LogP contribution in [0.3, 0.4) is 0 Å². The highest BCUT2D eigenvalue weighted by molar-refractivity contribution is 5.35. The van der Waals surface area contributed by atoms with Crippen LogP contribution < -0.4 is 0 Å². The van der Waals surface area contributed by atoms with Gasteiger partial charge in [-0.05, 0) is 56.3 Å². The van der Waals surface area contributed by atoms with E-state index in [4.69, 9.17) is 0 Å². The lowest BCUT2D eigenvalue weighted by molar-refractivity contribution is -0.0221. The highest BCUT2D eigenvalue weighted by Gasteiger charge is 2.38. The summed E-state index contributed by atoms with van der Waals surface area (Å²) in [7, 11) is 0. The molecule has 0 spiro atoms. The Balaban J connectivity index is 2.35. The van der Waals surface area contributed by atoms with Crippen molar-refractivity contribution in [1.29, 1.82) is 0 Å². The Hall–Kier alpha value is -0.860. The zero-order valence-electron chi connectivity index (χ0n) is 14.1. The van der Waals surface area contributed by atoms with Crippen LogP contribution in [-0.2, 0) is 0 Å². The molecule has 1 aromatic rings. The first kappa shape index (κ1) is 16.5. The van der Waals surface area contributed by atoms with Gasteiger partial charge in [0, 0.05) is 5.54 Å². The van der Waals surface area contributed by atoms with Gasteiger partial charge in [0.1, 0.15) is 0 Å². The van der Waals surface area contributed by atoms with Gasteiger partial charge in [-0.1, -0.05) is 51.5 Å². The molecule has 1 aliphatic rings. The third-order valence-electron chi connectivity index (χ3n) is 5.63. The Labute approximate surface area is 130 Å². The third-order valence-corrected chi connectivity index (χ3v) is 5.63. The Morgan fingerprint density at radius 1 is 1.19 bits per heavy atom. The summed E-state index contributed by atoms with van der Waals surface area (Å²) in [6.07, 6.45) is 4.42. The highest BCUT2D eigenvalue weighted by atomic mass is 16.3. The Morgan fingerprint density at radius 3 is 2.29 bits per heavy atom. The molecule has 2 heteroatoms. The van der Waals surface area contributed by atoms with Crippen LogP contribution in [0.5, 0.6) is 0 Å². The standard InChI is InChI=1S/C19H31NO/c1-5-19(4,20(6-2)7-3)18(21)17-14-9-8-13-16(17)15-11-10-12-15/h8-9,13-15,18,21H,5-7,10-12H2,1-4H3. The quantitative estimate of drug-likeness (QED) is 0.799. The molecule has 0 radical (unpaired) electrons. The minimum absolute atomic E-state index is 0.191. The molecule has 21 heavy (non-hydrogen) atoms. The number of nitrogens with zero attached hydrogens (tertiary/aromatic N) is 1. The summed E-state index contributed by atoms with van der Waals surface area (Å²) < 4.78 is 0. The van der Waals surface area contributed by atoms with Crippen LogP contribution in [0.4, 0.5) is 0 Å². The normalized spacial score (nSPS) is 20.1. The molecule has 1 fully saturated rings. The lowest BCUT2D eigenvalue weighted by Gasteiger charge is -2.44. The van der Waals surface area contributed by atoms with Gasteiger partial charge in [-0.25, -0.2) is 0 Å². The number of rotatable bonds is 7. The molecule has 2 atom stereocenters. The predicted octanol–water partition coefficient (Wildman–Crippen LogP) is 4.50. The second-order valence-corrected chi connectivity index (χ2v) is 6.54. The van der Waals surface area contributed by atoms with E-state index in [0.717, 1.165) is 25.1 Å². The Kier molecular flexibility index (Phi) is 5.45. The van der Waals surface area contributed by atoms with Crippen molar-refractivity contribution in [3.8, 4) is 0 Å². The topological polar surface area (TPSA) is 23.5 Å². The average molecular weight is 289 g/mol. The maximum absolute atomic E-state index is 11.2. The first-order valence-corrected chi connectivity index (χ1v) is 8.60. The van der Waals surface area contributed by atoms with Crippen LogP contribution in [0.1, 0.15) is 76.5 Å². The monoisotopic (exact) mass is 289 g/mol. The fraction of sp³-hybridized carbons (Fsp3) is 0.684. The molecule has 118 valence electrons. The molecule has 1 aromatic carbocycles. The average Bonchev–Trinajstić information content (AvgIpc) is 2.46. The van der Waals surface area contributed by atoms with Gasteiger partial charge in [-0.15, -0.1) is 0 Å². The molecule has 2 rings (SSSR count). The van der Waals surface area contributed by atoms with E-state index in [1.54, 1.807) is 0 Å². The molecule has 0 aromatic heterocycles. The van der Waals surface area contributed by atoms with Crippen molar-refractivity contribution in [2.24, 2.45) is 0 Å². The number of aliphatic hydroxyl groups is 1. The number of benzene rings is 1. The molecule has 1 N–H and O–H groups in total. The van der Waals surface area contributed by atoms with Crippen LogP contribution in [0.25, 0.3) is 0 Å². The fourth-order valence-corrected chi connectivity index (χ4v) is 3.72. The van der Waals surface area contributed by atoms with Crippen molar-refractivity contribution < 1.29 is 5.11 Å². The summed E-state index contributed by atoms with van der Waals surface area (Å²) in [6, 6.07) is 8.54. The largest absolute Gasteiger partial charge is 0.386 e. The zero-order chi connectivity index (χ0) is 15.5. The molecule has 0 aliphatic heterocycles. The second kappa shape index (κ2) is 6.93. The van der Waals surface area contributed by atoms with Gasteiger partial charge >= 0.3 is 0 Å². The van der Waals surface area contributed by atoms with Crippen LogP contribution >= 0.6 is 0 Å². The van der Waals surface area contributed by atoms with Gasteiger partial charge in [0.05, 0.1) is 6.10 Å². The van der Waals surface area contributed by atoms with Crippen molar-refractivity contribution in [3.63, 3.8) is 0 Å². The lowest BCUT2D eigenvalue weighted by Crippen LogP contribution is -2.50. The fourth-order valence-electron chi connectivity index (χ4n) is 3.72.